The maximum atomic E-state index is 10.7. The van der Waals surface area contributed by atoms with Crippen LogP contribution < -0.4 is 5.32 Å². The van der Waals surface area contributed by atoms with Crippen molar-refractivity contribution in [1.82, 2.24) is 5.32 Å². The van der Waals surface area contributed by atoms with Gasteiger partial charge >= 0.3 is 6.09 Å². The maximum absolute atomic E-state index is 10.7. The molecule has 0 aromatic heterocycles. The Morgan fingerprint density at radius 1 is 1.73 bits per heavy atom. The fraction of sp³-hybridized carbons (Fsp3) is 0.857. The summed E-state index contributed by atoms with van der Waals surface area (Å²) in [6.45, 7) is 0.555. The van der Waals surface area contributed by atoms with Crippen molar-refractivity contribution in [2.45, 2.75) is 23.6 Å². The zero-order valence-corrected chi connectivity index (χ0v) is 7.24. The van der Waals surface area contributed by atoms with Crippen molar-refractivity contribution in [3.63, 3.8) is 0 Å². The number of alkyl carbamates (subject to hydrolysis) is 1. The Labute approximate surface area is 69.9 Å². The lowest BCUT2D eigenvalue weighted by Crippen LogP contribution is -2.37. The van der Waals surface area contributed by atoms with Gasteiger partial charge in [0.1, 0.15) is 6.61 Å². The van der Waals surface area contributed by atoms with Gasteiger partial charge in [0.05, 0.1) is 6.04 Å². The molecule has 1 heterocycles. The van der Waals surface area contributed by atoms with Gasteiger partial charge in [-0.15, -0.1) is 0 Å². The second-order valence-electron chi connectivity index (χ2n) is 3.06. The molecule has 1 aliphatic carbocycles. The molecule has 62 valence electrons. The first-order valence-corrected chi connectivity index (χ1v) is 4.98. The molecule has 1 unspecified atom stereocenters. The fourth-order valence-corrected chi connectivity index (χ4v) is 2.41. The van der Waals surface area contributed by atoms with Crippen molar-refractivity contribution in [3.8, 4) is 0 Å². The Morgan fingerprint density at radius 2 is 2.45 bits per heavy atom. The van der Waals surface area contributed by atoms with E-state index in [9.17, 15) is 4.79 Å². The lowest BCUT2D eigenvalue weighted by molar-refractivity contribution is 0.176. The van der Waals surface area contributed by atoms with Crippen molar-refractivity contribution in [2.75, 3.05) is 12.9 Å². The van der Waals surface area contributed by atoms with Crippen LogP contribution in [-0.4, -0.2) is 29.7 Å². The fourth-order valence-electron chi connectivity index (χ4n) is 1.49. The number of nitrogens with one attached hydrogen (secondary N) is 1. The molecule has 0 aromatic rings. The summed E-state index contributed by atoms with van der Waals surface area (Å²) in [6.07, 6.45) is 4.26. The summed E-state index contributed by atoms with van der Waals surface area (Å²) < 4.78 is 5.14. The van der Waals surface area contributed by atoms with E-state index in [4.69, 9.17) is 4.74 Å². The summed E-state index contributed by atoms with van der Waals surface area (Å²) in [7, 11) is 0. The van der Waals surface area contributed by atoms with Crippen LogP contribution in [-0.2, 0) is 4.74 Å². The van der Waals surface area contributed by atoms with E-state index in [-0.39, 0.29) is 12.1 Å². The minimum Gasteiger partial charge on any atom is -0.447 e. The van der Waals surface area contributed by atoms with Gasteiger partial charge < -0.3 is 10.1 Å². The third kappa shape index (κ3) is 1.09. The Kier molecular flexibility index (Phi) is 1.52. The molecular weight excluding hydrogens is 162 g/mol. The highest BCUT2D eigenvalue weighted by Crippen LogP contribution is 2.50. The third-order valence-electron chi connectivity index (χ3n) is 2.46. The second-order valence-corrected chi connectivity index (χ2v) is 4.29. The van der Waals surface area contributed by atoms with Crippen molar-refractivity contribution >= 4 is 17.9 Å². The van der Waals surface area contributed by atoms with Crippen LogP contribution in [0.4, 0.5) is 4.79 Å². The second kappa shape index (κ2) is 2.30. The van der Waals surface area contributed by atoms with Gasteiger partial charge in [-0.2, -0.15) is 11.8 Å². The standard InChI is InChI=1S/C7H11NO2S/c1-11-7(2-3-7)5-4-10-6(9)8-5/h5H,2-4H2,1H3,(H,8,9). The number of rotatable bonds is 2. The van der Waals surface area contributed by atoms with Crippen LogP contribution in [0.1, 0.15) is 12.8 Å². The number of amides is 1. The number of thioether (sulfide) groups is 1. The van der Waals surface area contributed by atoms with E-state index >= 15 is 0 Å². The van der Waals surface area contributed by atoms with Crippen LogP contribution >= 0.6 is 11.8 Å². The molecule has 1 aliphatic heterocycles. The topological polar surface area (TPSA) is 38.3 Å². The van der Waals surface area contributed by atoms with Crippen LogP contribution in [0.2, 0.25) is 0 Å². The first-order chi connectivity index (χ1) is 5.27. The lowest BCUT2D eigenvalue weighted by atomic mass is 10.2. The van der Waals surface area contributed by atoms with Gasteiger partial charge in [0.15, 0.2) is 0 Å². The maximum Gasteiger partial charge on any atom is 0.407 e. The number of carbonyl (C=O) groups excluding carboxylic acids is 1. The summed E-state index contributed by atoms with van der Waals surface area (Å²) in [5.74, 6) is 0. The van der Waals surface area contributed by atoms with Crippen molar-refractivity contribution < 1.29 is 9.53 Å². The average Bonchev–Trinajstić information content (AvgIpc) is 2.70. The van der Waals surface area contributed by atoms with E-state index in [1.807, 2.05) is 11.8 Å². The number of cyclic esters (lactones) is 1. The molecule has 0 bridgehead atoms. The Hall–Kier alpha value is -0.380. The van der Waals surface area contributed by atoms with Crippen molar-refractivity contribution in [2.24, 2.45) is 0 Å². The van der Waals surface area contributed by atoms with Gasteiger partial charge in [-0.05, 0) is 19.1 Å². The van der Waals surface area contributed by atoms with E-state index in [0.29, 0.717) is 11.4 Å². The molecule has 1 saturated heterocycles. The Balaban J connectivity index is 2.00. The summed E-state index contributed by atoms with van der Waals surface area (Å²) in [4.78, 5) is 10.7. The van der Waals surface area contributed by atoms with Gasteiger partial charge in [0.25, 0.3) is 0 Å². The van der Waals surface area contributed by atoms with Crippen LogP contribution in [0.5, 0.6) is 0 Å². The predicted molar refractivity (Wildman–Crippen MR) is 43.8 cm³/mol. The summed E-state index contributed by atoms with van der Waals surface area (Å²) in [5.41, 5.74) is 0. The van der Waals surface area contributed by atoms with Crippen LogP contribution in [0.15, 0.2) is 0 Å². The molecule has 11 heavy (non-hydrogen) atoms. The SMILES string of the molecule is CSC1(C2COC(=O)N2)CC1. The van der Waals surface area contributed by atoms with Crippen LogP contribution in [0, 0.1) is 0 Å². The Morgan fingerprint density at radius 3 is 2.82 bits per heavy atom. The third-order valence-corrected chi connectivity index (χ3v) is 3.96. The van der Waals surface area contributed by atoms with Gasteiger partial charge in [-0.3, -0.25) is 0 Å². The summed E-state index contributed by atoms with van der Waals surface area (Å²) in [6, 6.07) is 0.255. The Bertz CT molecular complexity index is 191. The van der Waals surface area contributed by atoms with Gasteiger partial charge in [0, 0.05) is 4.75 Å². The molecule has 1 amide bonds. The molecule has 1 N–H and O–H groups in total. The van der Waals surface area contributed by atoms with E-state index in [1.54, 1.807) is 0 Å². The summed E-state index contributed by atoms with van der Waals surface area (Å²) >= 11 is 1.84. The van der Waals surface area contributed by atoms with E-state index in [1.165, 1.54) is 12.8 Å². The molecule has 0 aromatic carbocycles. The normalized spacial score (nSPS) is 32.8. The van der Waals surface area contributed by atoms with E-state index in [2.05, 4.69) is 11.6 Å². The highest BCUT2D eigenvalue weighted by atomic mass is 32.2. The number of ether oxygens (including phenoxy) is 1. The van der Waals surface area contributed by atoms with E-state index in [0.717, 1.165) is 0 Å². The highest BCUT2D eigenvalue weighted by molar-refractivity contribution is 8.00. The number of carbonyl (C=O) groups is 1. The molecule has 1 atom stereocenters. The smallest absolute Gasteiger partial charge is 0.407 e. The lowest BCUT2D eigenvalue weighted by Gasteiger charge is -2.17. The van der Waals surface area contributed by atoms with Crippen molar-refractivity contribution in [1.29, 1.82) is 0 Å². The largest absolute Gasteiger partial charge is 0.447 e. The minimum absolute atomic E-state index is 0.254. The minimum atomic E-state index is -0.254. The molecule has 0 spiro atoms. The number of hydrogen-bond donors (Lipinski definition) is 1. The first-order valence-electron chi connectivity index (χ1n) is 3.75. The monoisotopic (exact) mass is 173 g/mol. The van der Waals surface area contributed by atoms with Gasteiger partial charge in [-0.25, -0.2) is 4.79 Å². The van der Waals surface area contributed by atoms with Crippen LogP contribution in [0.25, 0.3) is 0 Å². The van der Waals surface area contributed by atoms with Crippen LogP contribution in [0.3, 0.4) is 0 Å². The highest BCUT2D eigenvalue weighted by Gasteiger charge is 2.51. The first kappa shape index (κ1) is 7.28. The zero-order chi connectivity index (χ0) is 7.90. The summed E-state index contributed by atoms with van der Waals surface area (Å²) in [5, 5.41) is 2.83. The van der Waals surface area contributed by atoms with E-state index < -0.39 is 0 Å². The molecule has 0 radical (unpaired) electrons. The molecule has 2 fully saturated rings. The van der Waals surface area contributed by atoms with Crippen molar-refractivity contribution in [3.05, 3.63) is 0 Å². The molecule has 2 aliphatic rings. The molecular formula is C7H11NO2S. The molecule has 4 heteroatoms. The molecule has 2 rings (SSSR count). The molecule has 3 nitrogen and oxygen atoms in total. The molecule has 1 saturated carbocycles. The average molecular weight is 173 g/mol. The number of hydrogen-bond acceptors (Lipinski definition) is 3. The zero-order valence-electron chi connectivity index (χ0n) is 6.42. The predicted octanol–water partition coefficient (Wildman–Crippen LogP) is 0.990. The quantitative estimate of drug-likeness (QED) is 0.676. The van der Waals surface area contributed by atoms with Gasteiger partial charge in [0.2, 0.25) is 0 Å². The van der Waals surface area contributed by atoms with Gasteiger partial charge in [-0.1, -0.05) is 0 Å².